The van der Waals surface area contributed by atoms with Crippen molar-refractivity contribution >= 4 is 29.4 Å². The van der Waals surface area contributed by atoms with Crippen molar-refractivity contribution in [2.24, 2.45) is 0 Å². The fourth-order valence-electron chi connectivity index (χ4n) is 3.35. The van der Waals surface area contributed by atoms with Gasteiger partial charge in [0.25, 0.3) is 5.91 Å². The number of carboxylic acids is 2. The molecule has 31 heavy (non-hydrogen) atoms. The molecule has 0 atom stereocenters. The monoisotopic (exact) mass is 431 g/mol. The van der Waals surface area contributed by atoms with Gasteiger partial charge >= 0.3 is 11.9 Å². The first kappa shape index (κ1) is 22.0. The van der Waals surface area contributed by atoms with Crippen LogP contribution in [0.5, 0.6) is 0 Å². The van der Waals surface area contributed by atoms with Crippen molar-refractivity contribution < 1.29 is 39.0 Å². The average Bonchev–Trinajstić information content (AvgIpc) is 2.88. The lowest BCUT2D eigenvalue weighted by molar-refractivity contribution is -0.147. The number of carbonyl (C=O) groups excluding carboxylic acids is 2. The molecule has 0 aromatic heterocycles. The van der Waals surface area contributed by atoms with Crippen LogP contribution in [0.1, 0.15) is 26.3 Å². The number of nitrogens with one attached hydrogen (secondary N) is 1. The Kier molecular flexibility index (Phi) is 6.68. The van der Waals surface area contributed by atoms with Crippen LogP contribution in [0.3, 0.4) is 0 Å². The zero-order valence-corrected chi connectivity index (χ0v) is 16.4. The summed E-state index contributed by atoms with van der Waals surface area (Å²) in [7, 11) is 0. The molecule has 11 heteroatoms. The van der Waals surface area contributed by atoms with Gasteiger partial charge < -0.3 is 25.6 Å². The Morgan fingerprint density at radius 2 is 1.55 bits per heavy atom. The molecule has 0 saturated carbocycles. The molecule has 3 aliphatic rings. The van der Waals surface area contributed by atoms with Crippen LogP contribution >= 0.6 is 0 Å². The van der Waals surface area contributed by atoms with Gasteiger partial charge in [0.1, 0.15) is 0 Å². The molecule has 0 radical (unpaired) electrons. The van der Waals surface area contributed by atoms with Crippen molar-refractivity contribution in [2.45, 2.75) is 6.42 Å². The molecule has 0 aromatic carbocycles. The third-order valence-corrected chi connectivity index (χ3v) is 4.83. The summed E-state index contributed by atoms with van der Waals surface area (Å²) in [6.45, 7) is 1.53. The maximum Gasteiger partial charge on any atom is 0.338 e. The molecule has 1 saturated heterocycles. The largest absolute Gasteiger partial charge is 0.478 e. The number of amides is 2. The molecule has 164 valence electrons. The van der Waals surface area contributed by atoms with Gasteiger partial charge in [0.2, 0.25) is 5.91 Å². The number of nitrogens with two attached hydrogens (primary N) is 1. The fraction of sp³-hybridized carbons (Fsp3) is 0.300. The van der Waals surface area contributed by atoms with Gasteiger partial charge in [-0.05, 0) is 16.7 Å². The Balaban J connectivity index is 1.67. The van der Waals surface area contributed by atoms with Gasteiger partial charge in [-0.15, -0.1) is 0 Å². The first-order valence-electron chi connectivity index (χ1n) is 9.36. The molecule has 0 aromatic rings. The summed E-state index contributed by atoms with van der Waals surface area (Å²) in [4.78, 5) is 53.7. The Bertz CT molecular complexity index is 948. The van der Waals surface area contributed by atoms with Crippen LogP contribution in [0.4, 0.5) is 5.69 Å². The number of carboxylic acid groups (broad SMARTS) is 2. The predicted molar refractivity (Wildman–Crippen MR) is 107 cm³/mol. The topological polar surface area (TPSA) is 168 Å². The summed E-state index contributed by atoms with van der Waals surface area (Å²) >= 11 is 0. The third kappa shape index (κ3) is 4.90. The molecule has 2 aliphatic carbocycles. The third-order valence-electron chi connectivity index (χ3n) is 4.83. The van der Waals surface area contributed by atoms with E-state index in [2.05, 4.69) is 5.48 Å². The first-order chi connectivity index (χ1) is 14.8. The van der Waals surface area contributed by atoms with Crippen LogP contribution in [0.15, 0.2) is 24.3 Å². The van der Waals surface area contributed by atoms with Gasteiger partial charge in [-0.1, -0.05) is 24.3 Å². The van der Waals surface area contributed by atoms with E-state index in [1.165, 1.54) is 24.3 Å². The molecule has 0 spiro atoms. The normalized spacial score (nSPS) is 13.7. The SMILES string of the molecule is Nc1c(C(=O)O)c2ccc(CC(=O)NOCC(=O)N3CCOCC3)ccc-2c1C(=O)O. The van der Waals surface area contributed by atoms with E-state index < -0.39 is 17.8 Å². The van der Waals surface area contributed by atoms with Crippen molar-refractivity contribution in [3.63, 3.8) is 0 Å². The lowest BCUT2D eigenvalue weighted by atomic mass is 10.1. The van der Waals surface area contributed by atoms with Crippen LogP contribution < -0.4 is 11.2 Å². The minimum Gasteiger partial charge on any atom is -0.478 e. The van der Waals surface area contributed by atoms with E-state index in [9.17, 15) is 29.4 Å². The second kappa shape index (κ2) is 9.41. The number of ether oxygens (including phenoxy) is 1. The predicted octanol–water partition coefficient (Wildman–Crippen LogP) is 0.219. The molecule has 0 unspecified atom stereocenters. The highest BCUT2D eigenvalue weighted by molar-refractivity contribution is 6.14. The summed E-state index contributed by atoms with van der Waals surface area (Å²) in [6.07, 6.45) is -0.136. The van der Waals surface area contributed by atoms with Crippen LogP contribution in [0.25, 0.3) is 11.1 Å². The summed E-state index contributed by atoms with van der Waals surface area (Å²) in [6, 6.07) is 5.82. The highest BCUT2D eigenvalue weighted by atomic mass is 16.7. The number of aromatic carboxylic acids is 2. The first-order valence-corrected chi connectivity index (χ1v) is 9.36. The minimum absolute atomic E-state index is 0.136. The lowest BCUT2D eigenvalue weighted by Crippen LogP contribution is -2.43. The van der Waals surface area contributed by atoms with E-state index in [0.717, 1.165) is 0 Å². The van der Waals surface area contributed by atoms with Crippen LogP contribution in [0, 0.1) is 0 Å². The van der Waals surface area contributed by atoms with E-state index in [1.807, 2.05) is 0 Å². The van der Waals surface area contributed by atoms with Crippen molar-refractivity contribution in [3.8, 4) is 11.1 Å². The van der Waals surface area contributed by atoms with Crippen molar-refractivity contribution in [3.05, 3.63) is 41.0 Å². The maximum absolute atomic E-state index is 12.1. The van der Waals surface area contributed by atoms with Crippen LogP contribution in [-0.2, 0) is 25.6 Å². The molecule has 1 aliphatic heterocycles. The van der Waals surface area contributed by atoms with Gasteiger partial charge in [-0.2, -0.15) is 0 Å². The molecule has 1 fully saturated rings. The standard InChI is InChI=1S/C20H21N3O8/c21-18-16(19(26)27)12-3-1-11(2-4-13(12)17(18)20(28)29)9-14(24)22-31-10-15(25)23-5-7-30-8-6-23/h1-4H,5-10,21H2,(H,22,24)(H,26,27)(H,28,29). The van der Waals surface area contributed by atoms with Crippen molar-refractivity contribution in [2.75, 3.05) is 38.6 Å². The van der Waals surface area contributed by atoms with Gasteiger partial charge in [-0.3, -0.25) is 14.4 Å². The van der Waals surface area contributed by atoms with Crippen LogP contribution in [0.2, 0.25) is 0 Å². The quantitative estimate of drug-likeness (QED) is 0.448. The van der Waals surface area contributed by atoms with E-state index >= 15 is 0 Å². The number of carbonyl (C=O) groups is 4. The number of anilines is 1. The van der Waals surface area contributed by atoms with Gasteiger partial charge in [0.15, 0.2) is 6.61 Å². The molecule has 2 amide bonds. The average molecular weight is 431 g/mol. The number of hydrogen-bond donors (Lipinski definition) is 4. The highest BCUT2D eigenvalue weighted by Gasteiger charge is 2.28. The van der Waals surface area contributed by atoms with Gasteiger partial charge in [-0.25, -0.2) is 15.1 Å². The van der Waals surface area contributed by atoms with E-state index in [4.69, 9.17) is 15.3 Å². The van der Waals surface area contributed by atoms with E-state index in [1.54, 1.807) is 4.90 Å². The summed E-state index contributed by atoms with van der Waals surface area (Å²) in [5, 5.41) is 18.8. The molecule has 1 heterocycles. The minimum atomic E-state index is -1.35. The summed E-state index contributed by atoms with van der Waals surface area (Å²) < 4.78 is 5.16. The van der Waals surface area contributed by atoms with Crippen molar-refractivity contribution in [1.29, 1.82) is 0 Å². The number of hydrogen-bond acceptors (Lipinski definition) is 7. The number of morpholine rings is 1. The summed E-state index contributed by atoms with van der Waals surface area (Å²) in [5.74, 6) is -3.50. The van der Waals surface area contributed by atoms with E-state index in [-0.39, 0.29) is 46.9 Å². The molecular formula is C20H21N3O8. The number of nitrogens with zero attached hydrogens (tertiary/aromatic N) is 1. The molecular weight excluding hydrogens is 410 g/mol. The lowest BCUT2D eigenvalue weighted by Gasteiger charge is -2.26. The Morgan fingerprint density at radius 3 is 2.06 bits per heavy atom. The summed E-state index contributed by atoms with van der Waals surface area (Å²) in [5.41, 5.74) is 7.78. The number of rotatable bonds is 7. The second-order valence-electron chi connectivity index (χ2n) is 6.83. The molecule has 3 rings (SSSR count). The second-order valence-corrected chi connectivity index (χ2v) is 6.83. The number of fused-ring (bicyclic) bond motifs is 1. The Labute approximate surface area is 176 Å². The zero-order valence-electron chi connectivity index (χ0n) is 16.4. The highest BCUT2D eigenvalue weighted by Crippen LogP contribution is 2.38. The fourth-order valence-corrected chi connectivity index (χ4v) is 3.35. The van der Waals surface area contributed by atoms with E-state index in [0.29, 0.717) is 31.9 Å². The Hall–Kier alpha value is -3.70. The molecule has 11 nitrogen and oxygen atoms in total. The van der Waals surface area contributed by atoms with Crippen molar-refractivity contribution in [1.82, 2.24) is 10.4 Å². The maximum atomic E-state index is 12.1. The zero-order chi connectivity index (χ0) is 22.5. The van der Waals surface area contributed by atoms with Crippen LogP contribution in [-0.4, -0.2) is 71.8 Å². The molecule has 5 N–H and O–H groups in total. The van der Waals surface area contributed by atoms with Gasteiger partial charge in [0.05, 0.1) is 36.4 Å². The smallest absolute Gasteiger partial charge is 0.338 e. The van der Waals surface area contributed by atoms with Gasteiger partial charge in [0, 0.05) is 13.1 Å². The number of hydroxylamine groups is 1. The molecule has 0 bridgehead atoms. The Morgan fingerprint density at radius 1 is 1.00 bits per heavy atom. The number of nitrogen functional groups attached to an aromatic ring is 1.